The van der Waals surface area contributed by atoms with Crippen LogP contribution in [0.2, 0.25) is 0 Å². The number of hydrogen-bond donors (Lipinski definition) is 1. The number of hydrogen-bond acceptors (Lipinski definition) is 4. The fraction of sp³-hybridized carbons (Fsp3) is 0.571. The highest BCUT2D eigenvalue weighted by molar-refractivity contribution is 5.46. The van der Waals surface area contributed by atoms with Gasteiger partial charge in [-0.15, -0.1) is 10.2 Å². The summed E-state index contributed by atoms with van der Waals surface area (Å²) in [6.07, 6.45) is 5.91. The van der Waals surface area contributed by atoms with E-state index in [2.05, 4.69) is 31.0 Å². The van der Waals surface area contributed by atoms with Gasteiger partial charge in [-0.05, 0) is 43.9 Å². The van der Waals surface area contributed by atoms with Crippen molar-refractivity contribution in [1.82, 2.24) is 19.9 Å². The van der Waals surface area contributed by atoms with Crippen LogP contribution < -0.4 is 10.2 Å². The molecule has 5 nitrogen and oxygen atoms in total. The van der Waals surface area contributed by atoms with E-state index in [9.17, 15) is 0 Å². The first-order chi connectivity index (χ1) is 9.42. The molecule has 0 amide bonds. The summed E-state index contributed by atoms with van der Waals surface area (Å²) in [6.45, 7) is 3.37. The highest BCUT2D eigenvalue weighted by atomic mass is 15.4. The Hall–Kier alpha value is -1.62. The average molecular weight is 257 g/mol. The van der Waals surface area contributed by atoms with Crippen LogP contribution in [0.5, 0.6) is 0 Å². The molecule has 2 aliphatic heterocycles. The second-order valence-corrected chi connectivity index (χ2v) is 5.63. The average Bonchev–Trinajstić information content (AvgIpc) is 2.91. The molecule has 0 radical (unpaired) electrons. The molecule has 4 rings (SSSR count). The van der Waals surface area contributed by atoms with Gasteiger partial charge in [0, 0.05) is 25.3 Å². The lowest BCUT2D eigenvalue weighted by molar-refractivity contribution is 0.243. The quantitative estimate of drug-likeness (QED) is 0.836. The number of nitrogens with one attached hydrogen (secondary N) is 1. The maximum atomic E-state index is 4.38. The van der Waals surface area contributed by atoms with Gasteiger partial charge in [0.2, 0.25) is 5.95 Å². The molecule has 5 heteroatoms. The number of pyridine rings is 1. The fourth-order valence-corrected chi connectivity index (χ4v) is 3.47. The minimum atomic E-state index is 0.712. The first-order valence-electron chi connectivity index (χ1n) is 7.20. The number of fused-ring (bicyclic) bond motifs is 2. The minimum Gasteiger partial charge on any atom is -0.340 e. The molecule has 0 unspecified atom stereocenters. The Kier molecular flexibility index (Phi) is 2.65. The molecule has 2 aromatic rings. The third-order valence-electron chi connectivity index (χ3n) is 4.47. The predicted molar refractivity (Wildman–Crippen MR) is 74.3 cm³/mol. The van der Waals surface area contributed by atoms with Crippen LogP contribution in [0.15, 0.2) is 24.4 Å². The number of nitrogens with zero attached hydrogens (tertiary/aromatic N) is 4. The molecule has 100 valence electrons. The normalized spacial score (nSPS) is 27.5. The highest BCUT2D eigenvalue weighted by Gasteiger charge is 2.32. The molecule has 2 fully saturated rings. The van der Waals surface area contributed by atoms with Gasteiger partial charge in [-0.1, -0.05) is 6.07 Å². The molecule has 1 N–H and O–H groups in total. The van der Waals surface area contributed by atoms with Crippen molar-refractivity contribution in [2.45, 2.75) is 25.3 Å². The van der Waals surface area contributed by atoms with Gasteiger partial charge < -0.3 is 10.2 Å². The molecule has 0 aromatic carbocycles. The van der Waals surface area contributed by atoms with Crippen molar-refractivity contribution in [3.05, 3.63) is 24.4 Å². The molecule has 0 aliphatic carbocycles. The summed E-state index contributed by atoms with van der Waals surface area (Å²) in [5.74, 6) is 1.76. The van der Waals surface area contributed by atoms with Crippen LogP contribution in [-0.4, -0.2) is 40.3 Å². The maximum absolute atomic E-state index is 4.38. The van der Waals surface area contributed by atoms with Crippen LogP contribution in [0.3, 0.4) is 0 Å². The van der Waals surface area contributed by atoms with Crippen LogP contribution in [0.4, 0.5) is 5.95 Å². The molecular formula is C14H19N5. The van der Waals surface area contributed by atoms with E-state index in [0.29, 0.717) is 6.04 Å². The molecule has 2 aliphatic rings. The molecular weight excluding hydrogens is 238 g/mol. The Labute approximate surface area is 112 Å². The van der Waals surface area contributed by atoms with Crippen molar-refractivity contribution in [2.75, 3.05) is 24.5 Å². The van der Waals surface area contributed by atoms with Crippen LogP contribution >= 0.6 is 0 Å². The van der Waals surface area contributed by atoms with Gasteiger partial charge in [0.1, 0.15) is 0 Å². The van der Waals surface area contributed by atoms with E-state index in [1.165, 1.54) is 25.8 Å². The lowest BCUT2D eigenvalue weighted by Gasteiger charge is -2.41. The molecule has 2 aromatic heterocycles. The Balaban J connectivity index is 1.62. The number of rotatable bonds is 1. The first kappa shape index (κ1) is 11.2. The SMILES string of the molecule is c1ccn2c(N3CC[C@@H]4NCCC[C@@H]4C3)nnc2c1. The van der Waals surface area contributed by atoms with E-state index in [0.717, 1.165) is 30.6 Å². The second kappa shape index (κ2) is 4.49. The summed E-state index contributed by atoms with van der Waals surface area (Å²) in [4.78, 5) is 2.40. The Bertz CT molecular complexity index is 578. The molecule has 19 heavy (non-hydrogen) atoms. The predicted octanol–water partition coefficient (Wildman–Crippen LogP) is 1.31. The third-order valence-corrected chi connectivity index (χ3v) is 4.47. The monoisotopic (exact) mass is 257 g/mol. The van der Waals surface area contributed by atoms with E-state index >= 15 is 0 Å². The van der Waals surface area contributed by atoms with Crippen LogP contribution in [-0.2, 0) is 0 Å². The summed E-state index contributed by atoms with van der Waals surface area (Å²) >= 11 is 0. The van der Waals surface area contributed by atoms with E-state index in [1.54, 1.807) is 0 Å². The van der Waals surface area contributed by atoms with E-state index in [-0.39, 0.29) is 0 Å². The van der Waals surface area contributed by atoms with Crippen LogP contribution in [0.25, 0.3) is 5.65 Å². The first-order valence-corrected chi connectivity index (χ1v) is 7.20. The number of anilines is 1. The van der Waals surface area contributed by atoms with Crippen molar-refractivity contribution >= 4 is 11.6 Å². The summed E-state index contributed by atoms with van der Waals surface area (Å²) in [7, 11) is 0. The summed E-state index contributed by atoms with van der Waals surface area (Å²) in [5.41, 5.74) is 0.932. The smallest absolute Gasteiger partial charge is 0.231 e. The number of piperidine rings is 2. The highest BCUT2D eigenvalue weighted by Crippen LogP contribution is 2.27. The standard InChI is InChI=1S/C14H19N5/c1-2-8-19-13(5-1)16-17-14(19)18-9-6-12-11(10-18)4-3-7-15-12/h1-2,5,8,11-12,15H,3-4,6-7,9-10H2/t11-,12+/m1/s1. The van der Waals surface area contributed by atoms with Crippen LogP contribution in [0, 0.1) is 5.92 Å². The van der Waals surface area contributed by atoms with Gasteiger partial charge in [0.05, 0.1) is 0 Å². The van der Waals surface area contributed by atoms with Gasteiger partial charge in [-0.25, -0.2) is 0 Å². The van der Waals surface area contributed by atoms with E-state index < -0.39 is 0 Å². The lowest BCUT2D eigenvalue weighted by Crippen LogP contribution is -2.52. The molecule has 2 atom stereocenters. The molecule has 0 bridgehead atoms. The summed E-state index contributed by atoms with van der Waals surface area (Å²) in [6, 6.07) is 6.76. The van der Waals surface area contributed by atoms with Crippen molar-refractivity contribution in [3.63, 3.8) is 0 Å². The van der Waals surface area contributed by atoms with E-state index in [4.69, 9.17) is 0 Å². The Morgan fingerprint density at radius 1 is 1.21 bits per heavy atom. The fourth-order valence-electron chi connectivity index (χ4n) is 3.47. The van der Waals surface area contributed by atoms with Crippen LogP contribution in [0.1, 0.15) is 19.3 Å². The topological polar surface area (TPSA) is 45.5 Å². The van der Waals surface area contributed by atoms with Gasteiger partial charge in [-0.2, -0.15) is 0 Å². The third kappa shape index (κ3) is 1.89. The molecule has 4 heterocycles. The molecule has 2 saturated heterocycles. The van der Waals surface area contributed by atoms with Gasteiger partial charge in [-0.3, -0.25) is 4.40 Å². The molecule has 0 saturated carbocycles. The second-order valence-electron chi connectivity index (χ2n) is 5.63. The summed E-state index contributed by atoms with van der Waals surface area (Å²) < 4.78 is 2.09. The van der Waals surface area contributed by atoms with Gasteiger partial charge in [0.15, 0.2) is 5.65 Å². The van der Waals surface area contributed by atoms with Crippen molar-refractivity contribution in [3.8, 4) is 0 Å². The maximum Gasteiger partial charge on any atom is 0.231 e. The van der Waals surface area contributed by atoms with E-state index in [1.807, 2.05) is 18.2 Å². The Morgan fingerprint density at radius 2 is 2.21 bits per heavy atom. The largest absolute Gasteiger partial charge is 0.340 e. The number of aromatic nitrogens is 3. The van der Waals surface area contributed by atoms with Crippen molar-refractivity contribution in [1.29, 1.82) is 0 Å². The van der Waals surface area contributed by atoms with Gasteiger partial charge in [0.25, 0.3) is 0 Å². The van der Waals surface area contributed by atoms with Crippen molar-refractivity contribution < 1.29 is 0 Å². The zero-order valence-electron chi connectivity index (χ0n) is 11.0. The minimum absolute atomic E-state index is 0.712. The zero-order chi connectivity index (χ0) is 12.7. The summed E-state index contributed by atoms with van der Waals surface area (Å²) in [5, 5.41) is 12.3. The Morgan fingerprint density at radius 3 is 3.21 bits per heavy atom. The van der Waals surface area contributed by atoms with Crippen molar-refractivity contribution in [2.24, 2.45) is 5.92 Å². The zero-order valence-corrected chi connectivity index (χ0v) is 11.0. The molecule has 0 spiro atoms. The lowest BCUT2D eigenvalue weighted by atomic mass is 9.85. The van der Waals surface area contributed by atoms with Gasteiger partial charge >= 0.3 is 0 Å².